The number of aromatic amines is 1. The van der Waals surface area contributed by atoms with Gasteiger partial charge in [-0.05, 0) is 55.8 Å². The Balaban J connectivity index is 0.00000148. The molecule has 3 N–H and O–H groups in total. The minimum Gasteiger partial charge on any atom is -0.476 e. The lowest BCUT2D eigenvalue weighted by Crippen LogP contribution is -2.13. The van der Waals surface area contributed by atoms with Gasteiger partial charge in [-0.1, -0.05) is 31.5 Å². The predicted molar refractivity (Wildman–Crippen MR) is 142 cm³/mol. The van der Waals surface area contributed by atoms with Crippen molar-refractivity contribution in [3.8, 4) is 11.5 Å². The number of aryl methyl sites for hydroxylation is 1. The average molecular weight is 505 g/mol. The van der Waals surface area contributed by atoms with Crippen LogP contribution < -0.4 is 10.7 Å². The quantitative estimate of drug-likeness (QED) is 0.231. The van der Waals surface area contributed by atoms with Crippen LogP contribution in [0.25, 0.3) is 33.5 Å². The van der Waals surface area contributed by atoms with Crippen molar-refractivity contribution in [2.75, 3.05) is 5.32 Å². The van der Waals surface area contributed by atoms with E-state index < -0.39 is 12.0 Å². The number of fused-ring (bicyclic) bond motifs is 2. The van der Waals surface area contributed by atoms with Gasteiger partial charge < -0.3 is 19.8 Å². The maximum atomic E-state index is 13.0. The molecule has 5 rings (SSSR count). The van der Waals surface area contributed by atoms with E-state index in [0.29, 0.717) is 39.3 Å². The molecule has 0 aliphatic rings. The molecule has 0 aliphatic heterocycles. The molecule has 8 nitrogen and oxygen atoms in total. The third-order valence-electron chi connectivity index (χ3n) is 5.57. The van der Waals surface area contributed by atoms with Gasteiger partial charge in [0.25, 0.3) is 0 Å². The standard InChI is InChI=1S/C25H19ClN4O4.C2H6/c1-12-9-15(13(2)28-18-5-6-21(26)30-22(18)25(32)33)23-16(10-12)19(31)11-20(34-23)17-4-3-14-7-8-27-24(14)29-17;1-2/h3-11,13,28H,1-2H3,(H,27,29)(H,32,33);1-2H3. The van der Waals surface area contributed by atoms with Crippen LogP contribution in [0.3, 0.4) is 0 Å². The molecule has 1 atom stereocenters. The van der Waals surface area contributed by atoms with Gasteiger partial charge in [0, 0.05) is 23.2 Å². The van der Waals surface area contributed by atoms with Gasteiger partial charge in [-0.15, -0.1) is 0 Å². The number of pyridine rings is 2. The maximum Gasteiger partial charge on any atom is 0.356 e. The van der Waals surface area contributed by atoms with Gasteiger partial charge in [0.1, 0.15) is 22.1 Å². The van der Waals surface area contributed by atoms with Crippen LogP contribution in [0.4, 0.5) is 5.69 Å². The zero-order valence-corrected chi connectivity index (χ0v) is 21.0. The number of aromatic nitrogens is 3. The molecule has 36 heavy (non-hydrogen) atoms. The topological polar surface area (TPSA) is 121 Å². The van der Waals surface area contributed by atoms with Gasteiger partial charge in [-0.2, -0.15) is 0 Å². The van der Waals surface area contributed by atoms with Gasteiger partial charge >= 0.3 is 5.97 Å². The van der Waals surface area contributed by atoms with Crippen LogP contribution in [-0.4, -0.2) is 26.0 Å². The van der Waals surface area contributed by atoms with E-state index in [1.807, 2.05) is 45.9 Å². The maximum absolute atomic E-state index is 13.0. The summed E-state index contributed by atoms with van der Waals surface area (Å²) in [7, 11) is 0. The molecule has 0 aliphatic carbocycles. The predicted octanol–water partition coefficient (Wildman–Crippen LogP) is 6.59. The fraction of sp³-hybridized carbons (Fsp3) is 0.185. The second-order valence-corrected chi connectivity index (χ2v) is 8.41. The number of aromatic carboxylic acids is 1. The van der Waals surface area contributed by atoms with Crippen molar-refractivity contribution in [2.24, 2.45) is 0 Å². The van der Waals surface area contributed by atoms with Crippen molar-refractivity contribution < 1.29 is 14.3 Å². The third kappa shape index (κ3) is 4.81. The minimum atomic E-state index is -1.20. The lowest BCUT2D eigenvalue weighted by Gasteiger charge is -2.19. The Morgan fingerprint density at radius 3 is 2.64 bits per heavy atom. The van der Waals surface area contributed by atoms with Crippen LogP contribution in [0.5, 0.6) is 0 Å². The number of H-pyrrole nitrogens is 1. The highest BCUT2D eigenvalue weighted by atomic mass is 35.5. The zero-order chi connectivity index (χ0) is 26.0. The molecule has 9 heteroatoms. The number of hydrogen-bond donors (Lipinski definition) is 3. The van der Waals surface area contributed by atoms with E-state index in [1.54, 1.807) is 24.4 Å². The first-order valence-electron chi connectivity index (χ1n) is 11.5. The first-order chi connectivity index (χ1) is 17.3. The Hall–Kier alpha value is -4.17. The molecule has 0 fully saturated rings. The Kier molecular flexibility index (Phi) is 7.07. The van der Waals surface area contributed by atoms with E-state index in [1.165, 1.54) is 12.1 Å². The molecular formula is C27H25ClN4O4. The number of carboxylic acid groups (broad SMARTS) is 1. The summed E-state index contributed by atoms with van der Waals surface area (Å²) < 4.78 is 6.23. The Bertz CT molecular complexity index is 1640. The number of anilines is 1. The van der Waals surface area contributed by atoms with Crippen molar-refractivity contribution in [1.82, 2.24) is 15.0 Å². The summed E-state index contributed by atoms with van der Waals surface area (Å²) in [6, 6.07) is 13.4. The second-order valence-electron chi connectivity index (χ2n) is 8.02. The highest BCUT2D eigenvalue weighted by Gasteiger charge is 2.20. The Labute approximate surface area is 212 Å². The number of carboxylic acids is 1. The molecule has 4 heterocycles. The molecule has 4 aromatic heterocycles. The normalized spacial score (nSPS) is 11.7. The van der Waals surface area contributed by atoms with Crippen molar-refractivity contribution in [3.63, 3.8) is 0 Å². The van der Waals surface area contributed by atoms with Crippen LogP contribution in [0.15, 0.2) is 63.9 Å². The molecule has 0 amide bonds. The molecule has 0 radical (unpaired) electrons. The van der Waals surface area contributed by atoms with Crippen molar-refractivity contribution in [2.45, 2.75) is 33.7 Å². The number of benzene rings is 1. The van der Waals surface area contributed by atoms with Gasteiger partial charge in [-0.3, -0.25) is 4.79 Å². The molecule has 1 unspecified atom stereocenters. The van der Waals surface area contributed by atoms with Crippen molar-refractivity contribution in [3.05, 3.63) is 86.9 Å². The zero-order valence-electron chi connectivity index (χ0n) is 20.2. The van der Waals surface area contributed by atoms with Crippen molar-refractivity contribution in [1.29, 1.82) is 0 Å². The van der Waals surface area contributed by atoms with E-state index in [0.717, 1.165) is 10.9 Å². The first kappa shape index (κ1) is 24.9. The minimum absolute atomic E-state index is 0.0822. The molecule has 184 valence electrons. The number of rotatable bonds is 5. The van der Waals surface area contributed by atoms with E-state index in [-0.39, 0.29) is 16.3 Å². The largest absolute Gasteiger partial charge is 0.476 e. The van der Waals surface area contributed by atoms with Crippen LogP contribution >= 0.6 is 11.6 Å². The van der Waals surface area contributed by atoms with Gasteiger partial charge in [0.05, 0.1) is 17.1 Å². The monoisotopic (exact) mass is 504 g/mol. The highest BCUT2D eigenvalue weighted by molar-refractivity contribution is 6.29. The molecule has 0 saturated carbocycles. The van der Waals surface area contributed by atoms with Gasteiger partial charge in [0.15, 0.2) is 16.9 Å². The highest BCUT2D eigenvalue weighted by Crippen LogP contribution is 2.31. The number of nitrogens with one attached hydrogen (secondary N) is 2. The van der Waals surface area contributed by atoms with Gasteiger partial charge in [-0.25, -0.2) is 14.8 Å². The summed E-state index contributed by atoms with van der Waals surface area (Å²) in [5.74, 6) is -0.864. The van der Waals surface area contributed by atoms with Crippen molar-refractivity contribution >= 4 is 45.3 Å². The molecule has 0 saturated heterocycles. The van der Waals surface area contributed by atoms with Crippen LogP contribution in [0.1, 0.15) is 48.4 Å². The number of hydrogen-bond acceptors (Lipinski definition) is 6. The molecule has 0 bridgehead atoms. The molecule has 1 aromatic carbocycles. The van der Waals surface area contributed by atoms with Crippen LogP contribution in [0, 0.1) is 6.92 Å². The summed E-state index contributed by atoms with van der Waals surface area (Å²) in [5, 5.41) is 14.2. The fourth-order valence-corrected chi connectivity index (χ4v) is 4.12. The van der Waals surface area contributed by atoms with E-state index in [9.17, 15) is 14.7 Å². The summed E-state index contributed by atoms with van der Waals surface area (Å²) in [4.78, 5) is 36.2. The second kappa shape index (κ2) is 10.2. The fourth-order valence-electron chi connectivity index (χ4n) is 3.98. The Morgan fingerprint density at radius 1 is 1.11 bits per heavy atom. The smallest absolute Gasteiger partial charge is 0.356 e. The summed E-state index contributed by atoms with van der Waals surface area (Å²) in [5.41, 5.74) is 3.10. The van der Waals surface area contributed by atoms with E-state index in [2.05, 4.69) is 20.3 Å². The third-order valence-corrected chi connectivity index (χ3v) is 5.78. The number of halogens is 1. The number of carbonyl (C=O) groups is 1. The van der Waals surface area contributed by atoms with E-state index in [4.69, 9.17) is 16.0 Å². The number of nitrogens with zero attached hydrogens (tertiary/aromatic N) is 2. The van der Waals surface area contributed by atoms with Crippen LogP contribution in [0.2, 0.25) is 5.15 Å². The average Bonchev–Trinajstić information content (AvgIpc) is 3.34. The summed E-state index contributed by atoms with van der Waals surface area (Å²) in [6.45, 7) is 7.74. The Morgan fingerprint density at radius 2 is 1.89 bits per heavy atom. The molecular weight excluding hydrogens is 480 g/mol. The van der Waals surface area contributed by atoms with E-state index >= 15 is 0 Å². The lowest BCUT2D eigenvalue weighted by molar-refractivity contribution is 0.0691. The van der Waals surface area contributed by atoms with Crippen LogP contribution in [-0.2, 0) is 0 Å². The first-order valence-corrected chi connectivity index (χ1v) is 11.9. The summed E-state index contributed by atoms with van der Waals surface area (Å²) in [6.07, 6.45) is 1.79. The van der Waals surface area contributed by atoms with Gasteiger partial charge in [0.2, 0.25) is 0 Å². The molecule has 5 aromatic rings. The SMILES string of the molecule is CC.Cc1cc(C(C)Nc2ccc(Cl)nc2C(=O)O)c2oc(-c3ccc4cc[nH]c4n3)cc(=O)c2c1. The molecule has 0 spiro atoms. The lowest BCUT2D eigenvalue weighted by atomic mass is 10.0. The summed E-state index contributed by atoms with van der Waals surface area (Å²) >= 11 is 5.88.